The normalized spacial score (nSPS) is 11.7. The number of imide groups is 1. The lowest BCUT2D eigenvalue weighted by atomic mass is 10.2. The number of fused-ring (bicyclic) bond motifs is 1. The van der Waals surface area contributed by atoms with Gasteiger partial charge in [0.2, 0.25) is 5.91 Å². The molecule has 0 unspecified atom stereocenters. The van der Waals surface area contributed by atoms with Crippen LogP contribution in [-0.4, -0.2) is 40.9 Å². The van der Waals surface area contributed by atoms with Crippen LogP contribution in [0.3, 0.4) is 0 Å². The maximum atomic E-state index is 13.3. The van der Waals surface area contributed by atoms with Crippen molar-refractivity contribution in [1.29, 1.82) is 0 Å². The Balaban J connectivity index is 2.14. The van der Waals surface area contributed by atoms with Crippen LogP contribution in [0, 0.1) is 0 Å². The van der Waals surface area contributed by atoms with E-state index in [4.69, 9.17) is 4.74 Å². The van der Waals surface area contributed by atoms with Gasteiger partial charge in [-0.3, -0.25) is 19.5 Å². The van der Waals surface area contributed by atoms with E-state index in [1.807, 2.05) is 0 Å². The molecule has 3 amide bonds. The Morgan fingerprint density at radius 3 is 2.55 bits per heavy atom. The summed E-state index contributed by atoms with van der Waals surface area (Å²) in [6.07, 6.45) is 0. The lowest BCUT2D eigenvalue weighted by Gasteiger charge is -2.17. The average molecular weight is 412 g/mol. The number of benzene rings is 2. The molecule has 2 N–H and O–H groups in total. The molecule has 1 atom stereocenters. The molecule has 1 heterocycles. The smallest absolute Gasteiger partial charge is 0.321 e. The van der Waals surface area contributed by atoms with Gasteiger partial charge in [0.15, 0.2) is 5.16 Å². The number of carbonyl (C=O) groups is 2. The number of hydrogen-bond acceptors (Lipinski definition) is 6. The van der Waals surface area contributed by atoms with Crippen molar-refractivity contribution < 1.29 is 14.3 Å². The number of para-hydroxylation sites is 3. The van der Waals surface area contributed by atoms with Crippen molar-refractivity contribution in [2.45, 2.75) is 17.3 Å². The first-order chi connectivity index (χ1) is 14.0. The predicted octanol–water partition coefficient (Wildman–Crippen LogP) is 2.33. The highest BCUT2D eigenvalue weighted by Gasteiger charge is 2.22. The Morgan fingerprint density at radius 2 is 1.83 bits per heavy atom. The Kier molecular flexibility index (Phi) is 6.18. The van der Waals surface area contributed by atoms with Crippen LogP contribution in [0.4, 0.5) is 4.79 Å². The minimum absolute atomic E-state index is 0.276. The highest BCUT2D eigenvalue weighted by molar-refractivity contribution is 8.00. The molecule has 0 spiro atoms. The monoisotopic (exact) mass is 412 g/mol. The topological polar surface area (TPSA) is 102 Å². The molecule has 0 radical (unpaired) electrons. The molecule has 0 fully saturated rings. The molecule has 3 aromatic rings. The fourth-order valence-electron chi connectivity index (χ4n) is 2.71. The third-order valence-electron chi connectivity index (χ3n) is 4.19. The quantitative estimate of drug-likeness (QED) is 0.493. The summed E-state index contributed by atoms with van der Waals surface area (Å²) >= 11 is 1.08. The Labute approximate surface area is 171 Å². The summed E-state index contributed by atoms with van der Waals surface area (Å²) in [5, 5.41) is 4.65. The number of amides is 3. The van der Waals surface area contributed by atoms with Crippen molar-refractivity contribution >= 4 is 34.6 Å². The maximum absolute atomic E-state index is 13.3. The summed E-state index contributed by atoms with van der Waals surface area (Å²) in [5.74, 6) is -0.000620. The van der Waals surface area contributed by atoms with Crippen LogP contribution in [0.5, 0.6) is 5.75 Å². The molecule has 0 aliphatic carbocycles. The van der Waals surface area contributed by atoms with E-state index in [1.54, 1.807) is 55.5 Å². The summed E-state index contributed by atoms with van der Waals surface area (Å²) in [6.45, 7) is 1.64. The highest BCUT2D eigenvalue weighted by atomic mass is 32.2. The number of ether oxygens (including phenoxy) is 1. The van der Waals surface area contributed by atoms with Gasteiger partial charge in [-0.05, 0) is 31.2 Å². The molecule has 0 aliphatic heterocycles. The van der Waals surface area contributed by atoms with Crippen molar-refractivity contribution in [3.8, 4) is 11.4 Å². The molecule has 0 saturated carbocycles. The minimum atomic E-state index is -0.679. The zero-order valence-electron chi connectivity index (χ0n) is 16.1. The van der Waals surface area contributed by atoms with Crippen LogP contribution >= 0.6 is 11.8 Å². The van der Waals surface area contributed by atoms with E-state index in [9.17, 15) is 14.4 Å². The van der Waals surface area contributed by atoms with Crippen molar-refractivity contribution in [2.24, 2.45) is 0 Å². The first-order valence-corrected chi connectivity index (χ1v) is 9.68. The molecule has 9 heteroatoms. The van der Waals surface area contributed by atoms with Gasteiger partial charge in [0.25, 0.3) is 5.56 Å². The second kappa shape index (κ2) is 8.78. The number of aromatic nitrogens is 2. The lowest BCUT2D eigenvalue weighted by molar-refractivity contribution is -0.119. The van der Waals surface area contributed by atoms with E-state index in [2.05, 4.69) is 15.6 Å². The van der Waals surface area contributed by atoms with Gasteiger partial charge >= 0.3 is 6.03 Å². The molecule has 29 heavy (non-hydrogen) atoms. The molecule has 2 aromatic carbocycles. The van der Waals surface area contributed by atoms with Crippen LogP contribution < -0.4 is 20.9 Å². The summed E-state index contributed by atoms with van der Waals surface area (Å²) in [7, 11) is 2.94. The highest BCUT2D eigenvalue weighted by Crippen LogP contribution is 2.29. The number of thioether (sulfide) groups is 1. The minimum Gasteiger partial charge on any atom is -0.495 e. The zero-order chi connectivity index (χ0) is 21.0. The maximum Gasteiger partial charge on any atom is 0.321 e. The van der Waals surface area contributed by atoms with E-state index in [-0.39, 0.29) is 5.56 Å². The number of rotatable bonds is 5. The van der Waals surface area contributed by atoms with Crippen molar-refractivity contribution in [3.63, 3.8) is 0 Å². The van der Waals surface area contributed by atoms with Crippen LogP contribution in [0.15, 0.2) is 58.5 Å². The first kappa shape index (κ1) is 20.4. The van der Waals surface area contributed by atoms with Crippen LogP contribution in [0.1, 0.15) is 6.92 Å². The number of urea groups is 1. The van der Waals surface area contributed by atoms with E-state index in [0.717, 1.165) is 11.8 Å². The standard InChI is InChI=1S/C20H20N4O4S/c1-12(17(25)23-19(27)21-2)29-20-22-14-9-5-4-8-13(14)18(26)24(20)15-10-6-7-11-16(15)28-3/h4-12H,1-3H3,(H2,21,23,25,27)/t12-/m1/s1. The largest absolute Gasteiger partial charge is 0.495 e. The third kappa shape index (κ3) is 4.24. The molecular weight excluding hydrogens is 392 g/mol. The van der Waals surface area contributed by atoms with Crippen molar-refractivity contribution in [1.82, 2.24) is 20.2 Å². The molecule has 150 valence electrons. The summed E-state index contributed by atoms with van der Waals surface area (Å²) in [4.78, 5) is 41.6. The van der Waals surface area contributed by atoms with Gasteiger partial charge in [0.05, 0.1) is 29.0 Å². The fourth-order valence-corrected chi connectivity index (χ4v) is 3.63. The summed E-state index contributed by atoms with van der Waals surface area (Å²) in [5.41, 5.74) is 0.756. The van der Waals surface area contributed by atoms with Gasteiger partial charge in [0, 0.05) is 7.05 Å². The van der Waals surface area contributed by atoms with Gasteiger partial charge in [-0.1, -0.05) is 36.0 Å². The Hall–Kier alpha value is -3.33. The fraction of sp³-hybridized carbons (Fsp3) is 0.200. The summed E-state index contributed by atoms with van der Waals surface area (Å²) in [6, 6.07) is 13.5. The SMILES string of the molecule is CNC(=O)NC(=O)[C@@H](C)Sc1nc2ccccc2c(=O)n1-c1ccccc1OC. The van der Waals surface area contributed by atoms with Gasteiger partial charge in [0.1, 0.15) is 5.75 Å². The van der Waals surface area contributed by atoms with E-state index < -0.39 is 17.2 Å². The van der Waals surface area contributed by atoms with Gasteiger partial charge in [-0.2, -0.15) is 0 Å². The van der Waals surface area contributed by atoms with Crippen LogP contribution in [-0.2, 0) is 4.79 Å². The number of methoxy groups -OCH3 is 1. The molecular formula is C20H20N4O4S. The van der Waals surface area contributed by atoms with E-state index >= 15 is 0 Å². The zero-order valence-corrected chi connectivity index (χ0v) is 16.9. The van der Waals surface area contributed by atoms with Gasteiger partial charge in [-0.15, -0.1) is 0 Å². The van der Waals surface area contributed by atoms with E-state index in [1.165, 1.54) is 18.7 Å². The number of hydrogen-bond donors (Lipinski definition) is 2. The van der Waals surface area contributed by atoms with E-state index in [0.29, 0.717) is 27.5 Å². The Morgan fingerprint density at radius 1 is 1.14 bits per heavy atom. The Bertz CT molecular complexity index is 1130. The van der Waals surface area contributed by atoms with Gasteiger partial charge in [-0.25, -0.2) is 9.78 Å². The number of carbonyl (C=O) groups excluding carboxylic acids is 2. The number of nitrogens with one attached hydrogen (secondary N) is 2. The summed E-state index contributed by atoms with van der Waals surface area (Å²) < 4.78 is 6.84. The molecule has 1 aromatic heterocycles. The second-order valence-corrected chi connectivity index (χ2v) is 7.36. The molecule has 0 aliphatic rings. The molecule has 0 saturated heterocycles. The third-order valence-corrected chi connectivity index (χ3v) is 5.24. The lowest BCUT2D eigenvalue weighted by Crippen LogP contribution is -2.41. The van der Waals surface area contributed by atoms with Crippen molar-refractivity contribution in [3.05, 3.63) is 58.9 Å². The first-order valence-electron chi connectivity index (χ1n) is 8.80. The predicted molar refractivity (Wildman–Crippen MR) is 112 cm³/mol. The van der Waals surface area contributed by atoms with Gasteiger partial charge < -0.3 is 10.1 Å². The molecule has 0 bridgehead atoms. The van der Waals surface area contributed by atoms with Crippen molar-refractivity contribution in [2.75, 3.05) is 14.2 Å². The average Bonchev–Trinajstić information content (AvgIpc) is 2.73. The molecule has 3 rings (SSSR count). The second-order valence-electron chi connectivity index (χ2n) is 6.05. The van der Waals surface area contributed by atoms with Crippen LogP contribution in [0.2, 0.25) is 0 Å². The molecule has 8 nitrogen and oxygen atoms in total. The number of nitrogens with zero attached hydrogens (tertiary/aromatic N) is 2. The van der Waals surface area contributed by atoms with Crippen LogP contribution in [0.25, 0.3) is 16.6 Å².